The van der Waals surface area contributed by atoms with Crippen LogP contribution in [0.3, 0.4) is 0 Å². The Labute approximate surface area is 464 Å². The van der Waals surface area contributed by atoms with Crippen LogP contribution in [-0.4, -0.2) is 123 Å². The van der Waals surface area contributed by atoms with Crippen LogP contribution in [0.4, 0.5) is 24.5 Å². The molecule has 7 rings (SSSR count). The number of anilines is 2. The Balaban J connectivity index is 1.07. The number of halogens is 4. The van der Waals surface area contributed by atoms with Gasteiger partial charge in [0.05, 0.1) is 29.9 Å². The molecule has 2 heterocycles. The molecule has 2 aliphatic heterocycles. The van der Waals surface area contributed by atoms with E-state index < -0.39 is 61.1 Å². The van der Waals surface area contributed by atoms with E-state index in [1.54, 1.807) is 12.1 Å². The molecular weight excluding hydrogens is 1080 g/mol. The van der Waals surface area contributed by atoms with Crippen molar-refractivity contribution in [2.24, 2.45) is 5.92 Å². The molecule has 0 bridgehead atoms. The Morgan fingerprint density at radius 3 is 2.16 bits per heavy atom. The third-order valence-corrected chi connectivity index (χ3v) is 24.0. The number of rotatable bonds is 22. The third kappa shape index (κ3) is 15.3. The predicted molar refractivity (Wildman–Crippen MR) is 307 cm³/mol. The zero-order chi connectivity index (χ0) is 55.8. The van der Waals surface area contributed by atoms with Crippen LogP contribution in [0, 0.1) is 5.92 Å². The monoisotopic (exact) mass is 1160 g/mol. The molecule has 2 aliphatic rings. The van der Waals surface area contributed by atoms with Crippen molar-refractivity contribution in [1.29, 1.82) is 0 Å². The molecule has 12 nitrogen and oxygen atoms in total. The highest BCUT2D eigenvalue weighted by molar-refractivity contribution is 7.99. The van der Waals surface area contributed by atoms with Crippen LogP contribution in [-0.2, 0) is 29.0 Å². The van der Waals surface area contributed by atoms with Gasteiger partial charge >= 0.3 is 5.51 Å². The van der Waals surface area contributed by atoms with Crippen LogP contribution in [0.5, 0.6) is 0 Å². The molecular formula is C57H73ClF3N5O7S3Si. The molecule has 2 fully saturated rings. The number of hydrogen-bond donors (Lipinski definition) is 2. The number of ether oxygens (including phenoxy) is 1. The number of morpholine rings is 1. The standard InChI is InChI=1S/C57H73ClF3N5O7S3Si/c1-8-64(9-2)38-47-39-72-36-35-66(47)34-31-45(40-74-48-15-11-10-12-16-48)62-52-28-27-49(37-53(52)75(68,69)57(59,60)61)76(70,71)63-55(67)43-21-25-46(26-22-43)65-32-29-42(30-33-65)54(73-77(6,7)56(3,4)5)51-18-14-13-17-50(51)41-19-23-44(58)24-20-41/h10-28,37,42,45,47,54,62H,8-9,29-36,38-40H2,1-7H3,(H,63,67)/t45-,47+,54-/m1/s1. The van der Waals surface area contributed by atoms with Gasteiger partial charge in [-0.15, -0.1) is 11.8 Å². The summed E-state index contributed by atoms with van der Waals surface area (Å²) in [5.41, 5.74) is -2.09. The van der Waals surface area contributed by atoms with Crippen molar-refractivity contribution >= 4 is 68.8 Å². The summed E-state index contributed by atoms with van der Waals surface area (Å²) >= 11 is 7.74. The lowest BCUT2D eigenvalue weighted by Crippen LogP contribution is -2.52. The molecule has 0 aliphatic carbocycles. The average molecular weight is 1160 g/mol. The van der Waals surface area contributed by atoms with Gasteiger partial charge in [0.25, 0.3) is 25.8 Å². The predicted octanol–water partition coefficient (Wildman–Crippen LogP) is 12.4. The summed E-state index contributed by atoms with van der Waals surface area (Å²) in [4.78, 5) is 19.2. The quantitative estimate of drug-likeness (QED) is 0.0504. The molecule has 418 valence electrons. The van der Waals surface area contributed by atoms with Crippen molar-refractivity contribution in [2.75, 3.05) is 75.0 Å². The molecule has 77 heavy (non-hydrogen) atoms. The minimum atomic E-state index is -6.11. The Morgan fingerprint density at radius 1 is 0.870 bits per heavy atom. The summed E-state index contributed by atoms with van der Waals surface area (Å²) in [5.74, 6) is -0.499. The van der Waals surface area contributed by atoms with E-state index in [1.807, 2.05) is 65.4 Å². The first-order valence-electron chi connectivity index (χ1n) is 26.3. The maximum absolute atomic E-state index is 14.5. The summed E-state index contributed by atoms with van der Waals surface area (Å²) < 4.78 is 113. The average Bonchev–Trinajstić information content (AvgIpc) is 3.40. The van der Waals surface area contributed by atoms with E-state index in [2.05, 4.69) is 85.9 Å². The number of sulfonamides is 1. The fourth-order valence-corrected chi connectivity index (χ4v) is 14.0. The SMILES string of the molecule is CCN(CC)C[C@H]1COCCN1CC[C@H](CSc1ccccc1)Nc1ccc(S(=O)(=O)NC(=O)c2ccc(N3CCC([C@@H](O[Si](C)(C)C(C)(C)C)c4ccccc4-c4ccc(Cl)cc4)CC3)cc2)cc1S(=O)(=O)C(F)(F)F. The van der Waals surface area contributed by atoms with Gasteiger partial charge in [0, 0.05) is 71.7 Å². The maximum atomic E-state index is 14.5. The number of alkyl halides is 3. The number of piperidine rings is 1. The Hall–Kier alpha value is -4.44. The van der Waals surface area contributed by atoms with E-state index in [0.29, 0.717) is 62.7 Å². The van der Waals surface area contributed by atoms with Crippen molar-refractivity contribution in [3.63, 3.8) is 0 Å². The molecule has 0 aromatic heterocycles. The Kier molecular flexibility index (Phi) is 20.2. The first kappa shape index (κ1) is 60.2. The maximum Gasteiger partial charge on any atom is 0.501 e. The van der Waals surface area contributed by atoms with E-state index >= 15 is 0 Å². The zero-order valence-electron chi connectivity index (χ0n) is 45.0. The Bertz CT molecular complexity index is 2980. The second-order valence-electron chi connectivity index (χ2n) is 21.3. The van der Waals surface area contributed by atoms with Crippen molar-refractivity contribution < 1.29 is 44.0 Å². The molecule has 0 saturated carbocycles. The molecule has 20 heteroatoms. The topological polar surface area (TPSA) is 138 Å². The van der Waals surface area contributed by atoms with Gasteiger partial charge < -0.3 is 24.3 Å². The molecule has 0 radical (unpaired) electrons. The summed E-state index contributed by atoms with van der Waals surface area (Å²) in [6.07, 6.45) is 1.88. The van der Waals surface area contributed by atoms with Crippen LogP contribution in [0.15, 0.2) is 136 Å². The normalized spacial score (nSPS) is 17.3. The van der Waals surface area contributed by atoms with Gasteiger partial charge in [0.1, 0.15) is 4.90 Å². The number of hydrogen-bond acceptors (Lipinski definition) is 12. The third-order valence-electron chi connectivity index (χ3n) is 15.2. The zero-order valence-corrected chi connectivity index (χ0v) is 49.2. The van der Waals surface area contributed by atoms with E-state index in [9.17, 15) is 34.8 Å². The molecule has 0 spiro atoms. The van der Waals surface area contributed by atoms with E-state index in [4.69, 9.17) is 20.8 Å². The van der Waals surface area contributed by atoms with Crippen LogP contribution in [0.1, 0.15) is 75.9 Å². The smallest absolute Gasteiger partial charge is 0.410 e. The van der Waals surface area contributed by atoms with E-state index in [1.165, 1.54) is 23.9 Å². The van der Waals surface area contributed by atoms with Gasteiger partial charge in [0.15, 0.2) is 8.32 Å². The van der Waals surface area contributed by atoms with Crippen molar-refractivity contribution in [3.05, 3.63) is 137 Å². The number of carbonyl (C=O) groups excluding carboxylic acids is 1. The number of likely N-dealkylation sites (N-methyl/N-ethyl adjacent to an activating group) is 1. The first-order valence-corrected chi connectivity index (χ1v) is 33.5. The van der Waals surface area contributed by atoms with E-state index in [-0.39, 0.29) is 28.7 Å². The van der Waals surface area contributed by atoms with Crippen LogP contribution in [0.2, 0.25) is 23.2 Å². The Morgan fingerprint density at radius 2 is 1.52 bits per heavy atom. The highest BCUT2D eigenvalue weighted by atomic mass is 35.5. The lowest BCUT2D eigenvalue weighted by Gasteiger charge is -2.44. The summed E-state index contributed by atoms with van der Waals surface area (Å²) in [5, 5.41) is 3.70. The van der Waals surface area contributed by atoms with Gasteiger partial charge in [-0.25, -0.2) is 21.6 Å². The largest absolute Gasteiger partial charge is 0.501 e. The molecule has 2 N–H and O–H groups in total. The number of nitrogens with zero attached hydrogens (tertiary/aromatic N) is 3. The lowest BCUT2D eigenvalue weighted by atomic mass is 9.84. The van der Waals surface area contributed by atoms with Gasteiger partial charge in [-0.2, -0.15) is 13.2 Å². The summed E-state index contributed by atoms with van der Waals surface area (Å²) in [6, 6.07) is 34.1. The molecule has 2 saturated heterocycles. The molecule has 5 aromatic carbocycles. The fraction of sp³-hybridized carbons (Fsp3) is 0.456. The van der Waals surface area contributed by atoms with E-state index in [0.717, 1.165) is 71.9 Å². The molecule has 1 amide bonds. The van der Waals surface area contributed by atoms with Crippen molar-refractivity contribution in [2.45, 2.75) is 110 Å². The van der Waals surface area contributed by atoms with Gasteiger partial charge in [0.2, 0.25) is 0 Å². The number of carbonyl (C=O) groups is 1. The van der Waals surface area contributed by atoms with Crippen LogP contribution >= 0.6 is 23.4 Å². The molecule has 3 atom stereocenters. The summed E-state index contributed by atoms with van der Waals surface area (Å²) in [6.45, 7) is 21.5. The molecule has 0 unspecified atom stereocenters. The van der Waals surface area contributed by atoms with Gasteiger partial charge in [-0.3, -0.25) is 9.69 Å². The minimum absolute atomic E-state index is 0.0198. The molecule has 5 aromatic rings. The number of nitrogens with one attached hydrogen (secondary N) is 2. The van der Waals surface area contributed by atoms with Crippen molar-refractivity contribution in [3.8, 4) is 11.1 Å². The van der Waals surface area contributed by atoms with Crippen LogP contribution < -0.4 is 14.9 Å². The number of sulfone groups is 1. The highest BCUT2D eigenvalue weighted by Crippen LogP contribution is 2.46. The highest BCUT2D eigenvalue weighted by Gasteiger charge is 2.49. The first-order chi connectivity index (χ1) is 36.4. The van der Waals surface area contributed by atoms with Crippen molar-refractivity contribution in [1.82, 2.24) is 14.5 Å². The summed E-state index contributed by atoms with van der Waals surface area (Å²) in [7, 11) is -13.3. The number of amides is 1. The fourth-order valence-electron chi connectivity index (χ4n) is 9.59. The number of benzene rings is 5. The second-order valence-corrected chi connectivity index (χ2v) is 31.2. The van der Waals surface area contributed by atoms with Gasteiger partial charge in [-0.1, -0.05) is 101 Å². The minimum Gasteiger partial charge on any atom is -0.410 e. The van der Waals surface area contributed by atoms with Crippen LogP contribution in [0.25, 0.3) is 11.1 Å². The lowest BCUT2D eigenvalue weighted by molar-refractivity contribution is -0.0435. The van der Waals surface area contributed by atoms with Gasteiger partial charge in [-0.05, 0) is 140 Å². The second kappa shape index (κ2) is 25.8. The number of thioether (sulfide) groups is 1.